The highest BCUT2D eigenvalue weighted by atomic mass is 16.2. The van der Waals surface area contributed by atoms with Gasteiger partial charge < -0.3 is 4.90 Å². The predicted molar refractivity (Wildman–Crippen MR) is 125 cm³/mol. The van der Waals surface area contributed by atoms with E-state index in [1.807, 2.05) is 42.5 Å². The van der Waals surface area contributed by atoms with Crippen molar-refractivity contribution in [2.75, 3.05) is 7.05 Å². The molecule has 158 valence electrons. The summed E-state index contributed by atoms with van der Waals surface area (Å²) in [5, 5.41) is 0.960. The van der Waals surface area contributed by atoms with Gasteiger partial charge in [-0.2, -0.15) is 0 Å². The smallest absolute Gasteiger partial charge is 0.254 e. The van der Waals surface area contributed by atoms with Gasteiger partial charge in [0.1, 0.15) is 0 Å². The molecule has 0 saturated heterocycles. The molecule has 0 unspecified atom stereocenters. The van der Waals surface area contributed by atoms with Crippen molar-refractivity contribution in [3.8, 4) is 11.3 Å². The van der Waals surface area contributed by atoms with Crippen molar-refractivity contribution in [1.29, 1.82) is 0 Å². The Morgan fingerprint density at radius 1 is 0.935 bits per heavy atom. The van der Waals surface area contributed by atoms with Crippen LogP contribution in [0.15, 0.2) is 54.6 Å². The number of rotatable bonds is 3. The number of fused-ring (bicyclic) bond motifs is 1. The zero-order valence-corrected chi connectivity index (χ0v) is 18.5. The second-order valence-corrected chi connectivity index (χ2v) is 10.4. The first kappa shape index (κ1) is 19.0. The van der Waals surface area contributed by atoms with Gasteiger partial charge >= 0.3 is 0 Å². The minimum atomic E-state index is 0.0546. The van der Waals surface area contributed by atoms with Crippen molar-refractivity contribution in [2.45, 2.75) is 51.0 Å². The lowest BCUT2D eigenvalue weighted by atomic mass is 9.52. The second kappa shape index (κ2) is 6.91. The van der Waals surface area contributed by atoms with Gasteiger partial charge in [0.05, 0.1) is 16.8 Å². The molecule has 7 rings (SSSR count). The fourth-order valence-electron chi connectivity index (χ4n) is 7.22. The number of aromatic nitrogens is 1. The molecule has 0 radical (unpaired) electrons. The van der Waals surface area contributed by atoms with Crippen LogP contribution in [0.3, 0.4) is 0 Å². The highest BCUT2D eigenvalue weighted by Crippen LogP contribution is 2.57. The summed E-state index contributed by atoms with van der Waals surface area (Å²) < 4.78 is 0. The van der Waals surface area contributed by atoms with Crippen LogP contribution in [0.1, 0.15) is 54.4 Å². The number of carbonyl (C=O) groups is 1. The molecule has 0 N–H and O–H groups in total. The van der Waals surface area contributed by atoms with Gasteiger partial charge in [-0.05, 0) is 80.9 Å². The van der Waals surface area contributed by atoms with Gasteiger partial charge in [-0.15, -0.1) is 0 Å². The van der Waals surface area contributed by atoms with E-state index in [1.54, 1.807) is 0 Å². The maximum absolute atomic E-state index is 14.0. The number of hydrogen-bond donors (Lipinski definition) is 0. The molecule has 4 bridgehead atoms. The second-order valence-electron chi connectivity index (χ2n) is 10.4. The van der Waals surface area contributed by atoms with Gasteiger partial charge in [0, 0.05) is 23.5 Å². The summed E-state index contributed by atoms with van der Waals surface area (Å²) in [6.07, 6.45) is 7.73. The van der Waals surface area contributed by atoms with E-state index >= 15 is 0 Å². The Labute approximate surface area is 184 Å². The number of pyridine rings is 1. The third-order valence-corrected chi connectivity index (χ3v) is 8.39. The Hall–Kier alpha value is -2.68. The van der Waals surface area contributed by atoms with Gasteiger partial charge in [-0.1, -0.05) is 42.5 Å². The van der Waals surface area contributed by atoms with Gasteiger partial charge in [-0.3, -0.25) is 4.79 Å². The minimum Gasteiger partial charge on any atom is -0.336 e. The van der Waals surface area contributed by atoms with E-state index in [0.29, 0.717) is 0 Å². The fraction of sp³-hybridized carbons (Fsp3) is 0.429. The quantitative estimate of drug-likeness (QED) is 0.511. The Morgan fingerprint density at radius 3 is 2.23 bits per heavy atom. The lowest BCUT2D eigenvalue weighted by Gasteiger charge is -2.59. The van der Waals surface area contributed by atoms with Crippen molar-refractivity contribution in [3.63, 3.8) is 0 Å². The van der Waals surface area contributed by atoms with Crippen LogP contribution in [0.4, 0.5) is 0 Å². The van der Waals surface area contributed by atoms with Crippen molar-refractivity contribution in [3.05, 3.63) is 65.7 Å². The summed E-state index contributed by atoms with van der Waals surface area (Å²) in [4.78, 5) is 21.1. The SMILES string of the molecule is Cc1ccccc1-c1cc(C(=O)N(C)C23CC4CC(CC(C4)C2)C3)c2ccccc2n1. The zero-order chi connectivity index (χ0) is 21.2. The van der Waals surface area contributed by atoms with Gasteiger partial charge in [0.2, 0.25) is 0 Å². The third kappa shape index (κ3) is 3.01. The number of amides is 1. The molecule has 0 aliphatic heterocycles. The lowest BCUT2D eigenvalue weighted by molar-refractivity contribution is -0.0665. The van der Waals surface area contributed by atoms with E-state index in [-0.39, 0.29) is 11.4 Å². The summed E-state index contributed by atoms with van der Waals surface area (Å²) >= 11 is 0. The van der Waals surface area contributed by atoms with Crippen LogP contribution in [0.25, 0.3) is 22.2 Å². The molecule has 0 atom stereocenters. The first-order valence-corrected chi connectivity index (χ1v) is 11.8. The summed E-state index contributed by atoms with van der Waals surface area (Å²) in [6, 6.07) is 18.4. The number of benzene rings is 2. The number of nitrogens with zero attached hydrogens (tertiary/aromatic N) is 2. The van der Waals surface area contributed by atoms with Crippen LogP contribution in [0.5, 0.6) is 0 Å². The van der Waals surface area contributed by atoms with E-state index in [0.717, 1.165) is 45.5 Å². The summed E-state index contributed by atoms with van der Waals surface area (Å²) in [5.41, 5.74) is 4.91. The van der Waals surface area contributed by atoms with Crippen molar-refractivity contribution in [1.82, 2.24) is 9.88 Å². The molecule has 3 aromatic rings. The Kier molecular flexibility index (Phi) is 4.25. The molecule has 3 heteroatoms. The average molecular weight is 411 g/mol. The number of aryl methyl sites for hydroxylation is 1. The van der Waals surface area contributed by atoms with Crippen LogP contribution in [-0.4, -0.2) is 28.4 Å². The monoisotopic (exact) mass is 410 g/mol. The number of hydrogen-bond acceptors (Lipinski definition) is 2. The molecule has 4 aliphatic rings. The molecule has 4 saturated carbocycles. The van der Waals surface area contributed by atoms with E-state index in [9.17, 15) is 4.79 Å². The average Bonchev–Trinajstić information content (AvgIpc) is 2.77. The largest absolute Gasteiger partial charge is 0.336 e. The van der Waals surface area contributed by atoms with Gasteiger partial charge in [0.25, 0.3) is 5.91 Å². The molecular formula is C28H30N2O. The molecule has 3 nitrogen and oxygen atoms in total. The summed E-state index contributed by atoms with van der Waals surface area (Å²) in [5.74, 6) is 2.62. The standard InChI is InChI=1S/C28H30N2O/c1-18-7-3-4-8-22(18)26-14-24(23-9-5-6-10-25(23)29-26)27(31)30(2)28-15-19-11-20(16-28)13-21(12-19)17-28/h3-10,14,19-21H,11-13,15-17H2,1-2H3. The van der Waals surface area contributed by atoms with E-state index in [4.69, 9.17) is 4.98 Å². The molecule has 4 fully saturated rings. The van der Waals surface area contributed by atoms with Crippen LogP contribution in [0.2, 0.25) is 0 Å². The van der Waals surface area contributed by atoms with Gasteiger partial charge in [-0.25, -0.2) is 4.98 Å². The lowest BCUT2D eigenvalue weighted by Crippen LogP contribution is -2.60. The van der Waals surface area contributed by atoms with Gasteiger partial charge in [0.15, 0.2) is 0 Å². The predicted octanol–water partition coefficient (Wildman–Crippen LogP) is 6.25. The van der Waals surface area contributed by atoms with E-state index in [2.05, 4.69) is 31.0 Å². The van der Waals surface area contributed by atoms with Crippen LogP contribution >= 0.6 is 0 Å². The molecule has 31 heavy (non-hydrogen) atoms. The van der Waals surface area contributed by atoms with Crippen molar-refractivity contribution < 1.29 is 4.79 Å². The van der Waals surface area contributed by atoms with E-state index < -0.39 is 0 Å². The first-order chi connectivity index (χ1) is 15.0. The van der Waals surface area contributed by atoms with Crippen LogP contribution < -0.4 is 0 Å². The molecule has 1 heterocycles. The molecule has 1 amide bonds. The Bertz CT molecular complexity index is 1150. The summed E-state index contributed by atoms with van der Waals surface area (Å²) in [6.45, 7) is 2.11. The minimum absolute atomic E-state index is 0.0546. The zero-order valence-electron chi connectivity index (χ0n) is 18.5. The highest BCUT2D eigenvalue weighted by molar-refractivity contribution is 6.07. The first-order valence-electron chi connectivity index (χ1n) is 11.8. The maximum atomic E-state index is 14.0. The normalized spacial score (nSPS) is 28.8. The maximum Gasteiger partial charge on any atom is 0.254 e. The molecule has 1 aromatic heterocycles. The molecular weight excluding hydrogens is 380 g/mol. The molecule has 0 spiro atoms. The topological polar surface area (TPSA) is 33.2 Å². The van der Waals surface area contributed by atoms with E-state index in [1.165, 1.54) is 44.1 Å². The van der Waals surface area contributed by atoms with Crippen LogP contribution in [0, 0.1) is 24.7 Å². The third-order valence-electron chi connectivity index (χ3n) is 8.39. The van der Waals surface area contributed by atoms with Crippen LogP contribution in [-0.2, 0) is 0 Å². The Balaban J connectivity index is 1.45. The fourth-order valence-corrected chi connectivity index (χ4v) is 7.22. The van der Waals surface area contributed by atoms with Crippen molar-refractivity contribution in [2.24, 2.45) is 17.8 Å². The molecule has 4 aliphatic carbocycles. The number of carbonyl (C=O) groups excluding carboxylic acids is 1. The Morgan fingerprint density at radius 2 is 1.55 bits per heavy atom. The summed E-state index contributed by atoms with van der Waals surface area (Å²) in [7, 11) is 2.07. The number of para-hydroxylation sites is 1. The highest BCUT2D eigenvalue weighted by Gasteiger charge is 2.53. The van der Waals surface area contributed by atoms with Crippen molar-refractivity contribution >= 4 is 16.8 Å². The molecule has 2 aromatic carbocycles.